The number of ketones is 1. The zero-order valence-corrected chi connectivity index (χ0v) is 5.91. The van der Waals surface area contributed by atoms with Crippen LogP contribution in [0, 0.1) is 0 Å². The monoisotopic (exact) mass is 155 g/mol. The fourth-order valence-electron chi connectivity index (χ4n) is 0.199. The lowest BCUT2D eigenvalue weighted by Crippen LogP contribution is -2.30. The van der Waals surface area contributed by atoms with Gasteiger partial charge in [0.15, 0.2) is 10.6 Å². The lowest BCUT2D eigenvalue weighted by molar-refractivity contribution is -0.118. The van der Waals surface area contributed by atoms with Crippen LogP contribution in [-0.4, -0.2) is 16.7 Å². The number of hydrogen-bond acceptors (Lipinski definition) is 2. The quantitative estimate of drug-likeness (QED) is 0.598. The smallest absolute Gasteiger partial charge is 0.181 e. The van der Waals surface area contributed by atoms with Crippen molar-refractivity contribution in [2.45, 2.75) is 17.8 Å². The highest BCUT2D eigenvalue weighted by Gasteiger charge is 2.14. The summed E-state index contributed by atoms with van der Waals surface area (Å²) in [5.74, 6) is -0.340. The van der Waals surface area contributed by atoms with Crippen LogP contribution in [0.2, 0.25) is 0 Å². The van der Waals surface area contributed by atoms with Crippen molar-refractivity contribution in [1.29, 1.82) is 0 Å². The van der Waals surface area contributed by atoms with Crippen LogP contribution in [0.1, 0.15) is 6.92 Å². The first-order valence-corrected chi connectivity index (χ1v) is 3.00. The summed E-state index contributed by atoms with van der Waals surface area (Å²) in [5.41, 5.74) is 5.12. The van der Waals surface area contributed by atoms with Gasteiger partial charge in [0.25, 0.3) is 0 Å². The van der Waals surface area contributed by atoms with Gasteiger partial charge in [0.1, 0.15) is 0 Å². The lowest BCUT2D eigenvalue weighted by Gasteiger charge is -2.01. The van der Waals surface area contributed by atoms with Gasteiger partial charge in [-0.1, -0.05) is 23.2 Å². The maximum Gasteiger partial charge on any atom is 0.181 e. The number of Topliss-reactive ketones (excluding diaryl/α,β-unsaturated/α-hetero) is 1. The fourth-order valence-corrected chi connectivity index (χ4v) is 0.596. The summed E-state index contributed by atoms with van der Waals surface area (Å²) >= 11 is 10.3. The standard InChI is InChI=1S/C4H7Cl2NO/c1-2(7)3(8)4(5)6/h2,4H,7H2,1H3. The summed E-state index contributed by atoms with van der Waals surface area (Å²) in [6.07, 6.45) is 0. The van der Waals surface area contributed by atoms with E-state index in [-0.39, 0.29) is 5.78 Å². The Bertz CT molecular complexity index is 82.0. The zero-order valence-electron chi connectivity index (χ0n) is 4.40. The van der Waals surface area contributed by atoms with E-state index in [4.69, 9.17) is 28.9 Å². The fraction of sp³-hybridized carbons (Fsp3) is 0.750. The van der Waals surface area contributed by atoms with E-state index in [9.17, 15) is 4.79 Å². The van der Waals surface area contributed by atoms with Crippen molar-refractivity contribution < 1.29 is 4.79 Å². The van der Waals surface area contributed by atoms with Crippen molar-refractivity contribution in [3.05, 3.63) is 0 Å². The van der Waals surface area contributed by atoms with E-state index >= 15 is 0 Å². The molecule has 0 saturated heterocycles. The highest BCUT2D eigenvalue weighted by molar-refractivity contribution is 6.54. The van der Waals surface area contributed by atoms with Crippen molar-refractivity contribution in [1.82, 2.24) is 0 Å². The molecule has 0 aliphatic carbocycles. The molecule has 0 amide bonds. The Morgan fingerprint density at radius 2 is 2.00 bits per heavy atom. The molecule has 0 rings (SSSR count). The Morgan fingerprint density at radius 3 is 2.00 bits per heavy atom. The molecular weight excluding hydrogens is 149 g/mol. The van der Waals surface area contributed by atoms with Gasteiger partial charge in [-0.05, 0) is 6.92 Å². The largest absolute Gasteiger partial charge is 0.322 e. The van der Waals surface area contributed by atoms with E-state index in [1.165, 1.54) is 0 Å². The van der Waals surface area contributed by atoms with Crippen molar-refractivity contribution in [2.75, 3.05) is 0 Å². The summed E-state index contributed by atoms with van der Waals surface area (Å²) in [4.78, 5) is 9.48. The van der Waals surface area contributed by atoms with Crippen LogP contribution < -0.4 is 5.73 Å². The average Bonchev–Trinajstić information content (AvgIpc) is 1.64. The molecule has 0 fully saturated rings. The van der Waals surface area contributed by atoms with Gasteiger partial charge < -0.3 is 5.73 Å². The summed E-state index contributed by atoms with van der Waals surface area (Å²) in [6.45, 7) is 1.54. The van der Waals surface area contributed by atoms with Crippen LogP contribution in [0.5, 0.6) is 0 Å². The highest BCUT2D eigenvalue weighted by Crippen LogP contribution is 2.03. The molecular formula is C4H7Cl2NO. The zero-order chi connectivity index (χ0) is 6.73. The molecule has 1 atom stereocenters. The molecule has 0 heterocycles. The Balaban J connectivity index is 3.65. The minimum atomic E-state index is -0.977. The second kappa shape index (κ2) is 3.28. The summed E-state index contributed by atoms with van der Waals surface area (Å²) in [6, 6.07) is -0.560. The van der Waals surface area contributed by atoms with Gasteiger partial charge in [0, 0.05) is 0 Å². The van der Waals surface area contributed by atoms with Crippen molar-refractivity contribution in [2.24, 2.45) is 5.73 Å². The second-order valence-corrected chi connectivity index (χ2v) is 2.59. The van der Waals surface area contributed by atoms with Crippen LogP contribution in [0.4, 0.5) is 0 Å². The summed E-state index contributed by atoms with van der Waals surface area (Å²) < 4.78 is 0. The van der Waals surface area contributed by atoms with E-state index < -0.39 is 10.9 Å². The Hall–Kier alpha value is 0.210. The minimum Gasteiger partial charge on any atom is -0.322 e. The molecule has 0 bridgehead atoms. The van der Waals surface area contributed by atoms with Gasteiger partial charge in [-0.2, -0.15) is 0 Å². The van der Waals surface area contributed by atoms with E-state index in [1.54, 1.807) is 6.92 Å². The molecule has 0 aromatic heterocycles. The molecule has 8 heavy (non-hydrogen) atoms. The molecule has 0 aliphatic rings. The third-order valence-corrected chi connectivity index (χ3v) is 1.09. The number of carbonyl (C=O) groups is 1. The predicted molar refractivity (Wildman–Crippen MR) is 34.2 cm³/mol. The van der Waals surface area contributed by atoms with Crippen LogP contribution in [0.3, 0.4) is 0 Å². The molecule has 48 valence electrons. The topological polar surface area (TPSA) is 43.1 Å². The molecule has 0 aromatic carbocycles. The normalized spacial score (nSPS) is 14.1. The van der Waals surface area contributed by atoms with Gasteiger partial charge in [-0.15, -0.1) is 0 Å². The van der Waals surface area contributed by atoms with Crippen LogP contribution in [0.25, 0.3) is 0 Å². The molecule has 0 radical (unpaired) electrons. The number of nitrogens with two attached hydrogens (primary N) is 1. The Labute approximate surface area is 57.9 Å². The van der Waals surface area contributed by atoms with Crippen LogP contribution >= 0.6 is 23.2 Å². The van der Waals surface area contributed by atoms with Gasteiger partial charge >= 0.3 is 0 Å². The van der Waals surface area contributed by atoms with Crippen molar-refractivity contribution in [3.63, 3.8) is 0 Å². The van der Waals surface area contributed by atoms with Crippen LogP contribution in [0.15, 0.2) is 0 Å². The predicted octanol–water partition coefficient (Wildman–Crippen LogP) is 0.706. The Morgan fingerprint density at radius 1 is 1.62 bits per heavy atom. The third kappa shape index (κ3) is 2.50. The SMILES string of the molecule is CC(N)C(=O)C(Cl)Cl. The van der Waals surface area contributed by atoms with E-state index in [2.05, 4.69) is 0 Å². The molecule has 2 N–H and O–H groups in total. The number of alkyl halides is 2. The second-order valence-electron chi connectivity index (χ2n) is 1.49. The van der Waals surface area contributed by atoms with Gasteiger partial charge in [0.05, 0.1) is 6.04 Å². The van der Waals surface area contributed by atoms with Crippen molar-refractivity contribution in [3.8, 4) is 0 Å². The molecule has 4 heteroatoms. The molecule has 0 aliphatic heterocycles. The number of carbonyl (C=O) groups excluding carboxylic acids is 1. The molecule has 0 saturated carbocycles. The first-order chi connectivity index (χ1) is 3.55. The molecule has 2 nitrogen and oxygen atoms in total. The number of halogens is 2. The third-order valence-electron chi connectivity index (χ3n) is 0.664. The maximum atomic E-state index is 10.5. The number of rotatable bonds is 2. The van der Waals surface area contributed by atoms with E-state index in [0.29, 0.717) is 0 Å². The molecule has 0 spiro atoms. The maximum absolute atomic E-state index is 10.5. The first-order valence-electron chi connectivity index (χ1n) is 2.13. The number of hydrogen-bond donors (Lipinski definition) is 1. The first kappa shape index (κ1) is 8.21. The van der Waals surface area contributed by atoms with Crippen molar-refractivity contribution >= 4 is 29.0 Å². The highest BCUT2D eigenvalue weighted by atomic mass is 35.5. The average molecular weight is 156 g/mol. The van der Waals surface area contributed by atoms with E-state index in [0.717, 1.165) is 0 Å². The minimum absolute atomic E-state index is 0.340. The van der Waals surface area contributed by atoms with Gasteiger partial charge in [-0.3, -0.25) is 4.79 Å². The molecule has 0 aromatic rings. The molecule has 1 unspecified atom stereocenters. The lowest BCUT2D eigenvalue weighted by atomic mass is 10.3. The van der Waals surface area contributed by atoms with Crippen LogP contribution in [-0.2, 0) is 4.79 Å². The Kier molecular flexibility index (Phi) is 3.36. The summed E-state index contributed by atoms with van der Waals surface area (Å²) in [7, 11) is 0. The van der Waals surface area contributed by atoms with Gasteiger partial charge in [-0.25, -0.2) is 0 Å². The van der Waals surface area contributed by atoms with Gasteiger partial charge in [0.2, 0.25) is 0 Å². The van der Waals surface area contributed by atoms with E-state index in [1.807, 2.05) is 0 Å². The summed E-state index contributed by atoms with van der Waals surface area (Å²) in [5, 5.41) is 0.